The molecular formula is C29H37O7Pt. The third kappa shape index (κ3) is 11.7. The summed E-state index contributed by atoms with van der Waals surface area (Å²) < 4.78 is 15.9. The Morgan fingerprint density at radius 3 is 1.92 bits per heavy atom. The van der Waals surface area contributed by atoms with Crippen LogP contribution in [0.4, 0.5) is 0 Å². The molecule has 0 aromatic heterocycles. The summed E-state index contributed by atoms with van der Waals surface area (Å²) >= 11 is 0. The molecule has 0 unspecified atom stereocenters. The Bertz CT molecular complexity index is 930. The van der Waals surface area contributed by atoms with Crippen LogP contribution < -0.4 is 0 Å². The fourth-order valence-electron chi connectivity index (χ4n) is 4.09. The number of carbonyl (C=O) groups excluding carboxylic acids is 3. The van der Waals surface area contributed by atoms with E-state index in [0.29, 0.717) is 25.7 Å². The van der Waals surface area contributed by atoms with Crippen molar-refractivity contribution in [2.24, 2.45) is 5.41 Å². The number of esters is 2. The minimum Gasteiger partial charge on any atom is -0.428 e. The zero-order valence-electron chi connectivity index (χ0n) is 21.1. The Hall–Kier alpha value is -2.34. The second-order valence-electron chi connectivity index (χ2n) is 9.06. The number of rotatable bonds is 16. The summed E-state index contributed by atoms with van der Waals surface area (Å²) in [6.07, 6.45) is 7.68. The molecule has 2 aromatic carbocycles. The van der Waals surface area contributed by atoms with E-state index in [9.17, 15) is 14.4 Å². The summed E-state index contributed by atoms with van der Waals surface area (Å²) in [5, 5.41) is 0. The first-order valence-electron chi connectivity index (χ1n) is 12.4. The molecule has 8 heteroatoms. The first-order valence-corrected chi connectivity index (χ1v) is 12.4. The van der Waals surface area contributed by atoms with Crippen molar-refractivity contribution in [3.05, 3.63) is 78.2 Å². The molecule has 0 bridgehead atoms. The molecule has 0 amide bonds. The topological polar surface area (TPSA) is 110 Å². The van der Waals surface area contributed by atoms with E-state index >= 15 is 0 Å². The van der Waals surface area contributed by atoms with E-state index in [1.807, 2.05) is 48.5 Å². The molecule has 2 aromatic rings. The van der Waals surface area contributed by atoms with Gasteiger partial charge in [0.05, 0.1) is 25.0 Å². The largest absolute Gasteiger partial charge is 0.428 e. The Kier molecular flexibility index (Phi) is 15.9. The standard InChI is InChI=1S/C29H35O6.H2O.Pt/c30-26(16-7-14-24-10-3-1-4-11-24)18-21-33-22-29(19-9-20-29)28(32)35-23-34-27(31)17-8-15-25-12-5-2-6-13-25;;/h1-6,10-13,18H,7-9,14-17,19-23H2;1H2;. The van der Waals surface area contributed by atoms with E-state index in [1.165, 1.54) is 11.1 Å². The Labute approximate surface area is 233 Å². The van der Waals surface area contributed by atoms with E-state index in [0.717, 1.165) is 25.7 Å². The molecule has 205 valence electrons. The van der Waals surface area contributed by atoms with Gasteiger partial charge in [-0.2, -0.15) is 0 Å². The minimum absolute atomic E-state index is 0. The van der Waals surface area contributed by atoms with Gasteiger partial charge in [-0.05, 0) is 49.7 Å². The van der Waals surface area contributed by atoms with E-state index in [2.05, 4.69) is 12.1 Å². The van der Waals surface area contributed by atoms with Gasteiger partial charge < -0.3 is 19.7 Å². The number of hydrogen-bond acceptors (Lipinski definition) is 6. The van der Waals surface area contributed by atoms with E-state index < -0.39 is 11.4 Å². The van der Waals surface area contributed by atoms with Gasteiger partial charge in [-0.15, -0.1) is 0 Å². The number of aryl methyl sites for hydroxylation is 2. The van der Waals surface area contributed by atoms with Crippen molar-refractivity contribution in [1.82, 2.24) is 0 Å². The fraction of sp³-hybridized carbons (Fsp3) is 0.448. The molecule has 0 atom stereocenters. The monoisotopic (exact) mass is 692 g/mol. The van der Waals surface area contributed by atoms with Crippen LogP contribution in [0.25, 0.3) is 0 Å². The zero-order chi connectivity index (χ0) is 24.8. The SMILES string of the molecule is O.O=C([CH]COCC1(C(=O)OCOC(=O)CCCc2ccccc2)CCC1)CCCc1ccccc1.[Pt]. The second kappa shape index (κ2) is 18.0. The fourth-order valence-corrected chi connectivity index (χ4v) is 4.09. The maximum absolute atomic E-state index is 12.6. The van der Waals surface area contributed by atoms with Crippen LogP contribution in [0.1, 0.15) is 56.1 Å². The number of ketones is 1. The molecule has 7 nitrogen and oxygen atoms in total. The smallest absolute Gasteiger partial charge is 0.317 e. The maximum atomic E-state index is 12.6. The molecule has 0 heterocycles. The third-order valence-electron chi connectivity index (χ3n) is 6.38. The zero-order valence-corrected chi connectivity index (χ0v) is 23.4. The van der Waals surface area contributed by atoms with Crippen molar-refractivity contribution in [3.63, 3.8) is 0 Å². The molecule has 0 aliphatic heterocycles. The van der Waals surface area contributed by atoms with Crippen LogP contribution in [0.5, 0.6) is 0 Å². The number of carbonyl (C=O) groups is 3. The van der Waals surface area contributed by atoms with Gasteiger partial charge in [0.2, 0.25) is 6.79 Å². The molecule has 1 aliphatic rings. The summed E-state index contributed by atoms with van der Waals surface area (Å²) in [4.78, 5) is 36.5. The summed E-state index contributed by atoms with van der Waals surface area (Å²) in [6, 6.07) is 20.0. The molecule has 1 aliphatic carbocycles. The number of hydrogen-bond donors (Lipinski definition) is 0. The first kappa shape index (κ1) is 32.7. The minimum atomic E-state index is -0.704. The van der Waals surface area contributed by atoms with Gasteiger partial charge in [0.1, 0.15) is 5.78 Å². The summed E-state index contributed by atoms with van der Waals surface area (Å²) in [7, 11) is 0. The Morgan fingerprint density at radius 2 is 1.38 bits per heavy atom. The number of Topliss-reactive ketones (excluding diaryl/α,β-unsaturated/α-hetero) is 1. The van der Waals surface area contributed by atoms with Crippen molar-refractivity contribution in [3.8, 4) is 0 Å². The van der Waals surface area contributed by atoms with Crippen LogP contribution in [0, 0.1) is 11.8 Å². The van der Waals surface area contributed by atoms with Crippen molar-refractivity contribution in [1.29, 1.82) is 0 Å². The molecular weight excluding hydrogens is 655 g/mol. The van der Waals surface area contributed by atoms with Gasteiger partial charge in [0.15, 0.2) is 0 Å². The average molecular weight is 693 g/mol. The van der Waals surface area contributed by atoms with Crippen molar-refractivity contribution in [2.75, 3.05) is 20.0 Å². The summed E-state index contributed by atoms with van der Waals surface area (Å²) in [5.74, 6) is -0.742. The molecule has 3 rings (SSSR count). The summed E-state index contributed by atoms with van der Waals surface area (Å²) in [6.45, 7) is -0.00295. The van der Waals surface area contributed by atoms with Gasteiger partial charge in [-0.3, -0.25) is 14.4 Å². The predicted octanol–water partition coefficient (Wildman–Crippen LogP) is 4.21. The summed E-state index contributed by atoms with van der Waals surface area (Å²) in [5.41, 5.74) is 1.69. The quantitative estimate of drug-likeness (QED) is 0.148. The van der Waals surface area contributed by atoms with Crippen LogP contribution in [-0.2, 0) is 62.5 Å². The Balaban J connectivity index is 0.00000342. The number of ether oxygens (including phenoxy) is 3. The predicted molar refractivity (Wildman–Crippen MR) is 136 cm³/mol. The van der Waals surface area contributed by atoms with Crippen LogP contribution in [-0.4, -0.2) is 43.2 Å². The van der Waals surface area contributed by atoms with Crippen LogP contribution in [0.2, 0.25) is 0 Å². The van der Waals surface area contributed by atoms with Crippen LogP contribution >= 0.6 is 0 Å². The van der Waals surface area contributed by atoms with Crippen LogP contribution in [0.15, 0.2) is 60.7 Å². The molecule has 1 radical (unpaired) electrons. The van der Waals surface area contributed by atoms with Gasteiger partial charge in [0.25, 0.3) is 0 Å². The van der Waals surface area contributed by atoms with Gasteiger partial charge >= 0.3 is 11.9 Å². The van der Waals surface area contributed by atoms with Gasteiger partial charge in [0, 0.05) is 33.9 Å². The molecule has 0 saturated heterocycles. The maximum Gasteiger partial charge on any atom is 0.317 e. The van der Waals surface area contributed by atoms with Crippen LogP contribution in [0.3, 0.4) is 0 Å². The van der Waals surface area contributed by atoms with E-state index in [4.69, 9.17) is 14.2 Å². The average Bonchev–Trinajstić information content (AvgIpc) is 2.84. The van der Waals surface area contributed by atoms with Crippen molar-refractivity contribution >= 4 is 17.7 Å². The molecule has 37 heavy (non-hydrogen) atoms. The first-order chi connectivity index (χ1) is 17.1. The molecule has 1 fully saturated rings. The molecule has 2 N–H and O–H groups in total. The number of benzene rings is 2. The normalized spacial score (nSPS) is 13.3. The van der Waals surface area contributed by atoms with Gasteiger partial charge in [-0.25, -0.2) is 0 Å². The van der Waals surface area contributed by atoms with Gasteiger partial charge in [-0.1, -0.05) is 67.1 Å². The van der Waals surface area contributed by atoms with E-state index in [1.54, 1.807) is 6.42 Å². The van der Waals surface area contributed by atoms with E-state index in [-0.39, 0.29) is 64.7 Å². The second-order valence-corrected chi connectivity index (χ2v) is 9.06. The molecule has 1 saturated carbocycles. The van der Waals surface area contributed by atoms with Crippen molar-refractivity contribution in [2.45, 2.75) is 57.8 Å². The third-order valence-corrected chi connectivity index (χ3v) is 6.38. The Morgan fingerprint density at radius 1 is 0.811 bits per heavy atom. The van der Waals surface area contributed by atoms with Crippen molar-refractivity contribution < 1.29 is 55.1 Å². The molecule has 0 spiro atoms.